The lowest BCUT2D eigenvalue weighted by Crippen LogP contribution is -2.46. The number of anilines is 3. The maximum absolute atomic E-state index is 12.9. The Labute approximate surface area is 212 Å². The van der Waals surface area contributed by atoms with Crippen molar-refractivity contribution in [1.29, 1.82) is 0 Å². The highest BCUT2D eigenvalue weighted by Gasteiger charge is 2.40. The zero-order valence-electron chi connectivity index (χ0n) is 21.0. The number of nitrogens with one attached hydrogen (secondary N) is 3. The van der Waals surface area contributed by atoms with Gasteiger partial charge in [-0.2, -0.15) is 10.1 Å². The van der Waals surface area contributed by atoms with Gasteiger partial charge >= 0.3 is 0 Å². The van der Waals surface area contributed by atoms with Crippen LogP contribution in [0, 0.1) is 0 Å². The molecule has 36 heavy (non-hydrogen) atoms. The number of aromatic nitrogens is 4. The molecule has 1 saturated carbocycles. The van der Waals surface area contributed by atoms with E-state index in [1.54, 1.807) is 7.05 Å². The average Bonchev–Trinajstić information content (AvgIpc) is 3.71. The summed E-state index contributed by atoms with van der Waals surface area (Å²) in [6.07, 6.45) is 10.6. The van der Waals surface area contributed by atoms with Crippen LogP contribution in [0.25, 0.3) is 0 Å². The quantitative estimate of drug-likeness (QED) is 0.458. The van der Waals surface area contributed by atoms with E-state index in [1.165, 1.54) is 42.5 Å². The SMILES string of the molecule is CNC(=O)C1CCC(Cc2ccccc2)N1c1nc2c(c(Nc3cc(C4CCCC4)[nH]n3)n1)CCC2. The number of aryl methyl sites for hydroxylation is 1. The number of benzene rings is 1. The molecule has 2 aromatic heterocycles. The highest BCUT2D eigenvalue weighted by atomic mass is 16.2. The summed E-state index contributed by atoms with van der Waals surface area (Å²) in [5.41, 5.74) is 4.75. The molecule has 3 aromatic rings. The molecule has 188 valence electrons. The van der Waals surface area contributed by atoms with E-state index in [-0.39, 0.29) is 18.0 Å². The Hall–Kier alpha value is -3.42. The molecular weight excluding hydrogens is 450 g/mol. The second-order valence-electron chi connectivity index (χ2n) is 10.4. The molecule has 6 rings (SSSR count). The number of carbonyl (C=O) groups is 1. The molecule has 1 saturated heterocycles. The van der Waals surface area contributed by atoms with Gasteiger partial charge in [0.15, 0.2) is 5.82 Å². The van der Waals surface area contributed by atoms with Crippen molar-refractivity contribution in [1.82, 2.24) is 25.5 Å². The fourth-order valence-corrected chi connectivity index (χ4v) is 6.30. The maximum atomic E-state index is 12.9. The first-order valence-electron chi connectivity index (χ1n) is 13.5. The molecule has 8 heteroatoms. The van der Waals surface area contributed by atoms with Crippen molar-refractivity contribution in [2.24, 2.45) is 0 Å². The van der Waals surface area contributed by atoms with Gasteiger partial charge < -0.3 is 15.5 Å². The minimum Gasteiger partial charge on any atom is -0.357 e. The van der Waals surface area contributed by atoms with Crippen molar-refractivity contribution in [2.45, 2.75) is 82.2 Å². The summed E-state index contributed by atoms with van der Waals surface area (Å²) in [6, 6.07) is 12.5. The zero-order chi connectivity index (χ0) is 24.5. The summed E-state index contributed by atoms with van der Waals surface area (Å²) < 4.78 is 0. The fraction of sp³-hybridized carbons (Fsp3) is 0.500. The van der Waals surface area contributed by atoms with Crippen LogP contribution in [0.4, 0.5) is 17.6 Å². The lowest BCUT2D eigenvalue weighted by Gasteiger charge is -2.30. The molecule has 0 radical (unpaired) electrons. The number of rotatable bonds is 7. The lowest BCUT2D eigenvalue weighted by molar-refractivity contribution is -0.121. The number of likely N-dealkylation sites (N-methyl/N-ethyl adjacent to an activating group) is 1. The highest BCUT2D eigenvalue weighted by molar-refractivity contribution is 5.85. The Kier molecular flexibility index (Phi) is 6.34. The van der Waals surface area contributed by atoms with E-state index in [4.69, 9.17) is 9.97 Å². The molecule has 0 bridgehead atoms. The van der Waals surface area contributed by atoms with Crippen LogP contribution in [0.2, 0.25) is 0 Å². The maximum Gasteiger partial charge on any atom is 0.242 e. The monoisotopic (exact) mass is 485 g/mol. The Morgan fingerprint density at radius 2 is 1.89 bits per heavy atom. The van der Waals surface area contributed by atoms with Gasteiger partial charge in [0, 0.05) is 36.3 Å². The van der Waals surface area contributed by atoms with Crippen molar-refractivity contribution in [2.75, 3.05) is 17.3 Å². The number of aromatic amines is 1. The second kappa shape index (κ2) is 9.91. The first kappa shape index (κ1) is 23.0. The Bertz CT molecular complexity index is 1220. The van der Waals surface area contributed by atoms with Crippen molar-refractivity contribution < 1.29 is 4.79 Å². The largest absolute Gasteiger partial charge is 0.357 e. The summed E-state index contributed by atoms with van der Waals surface area (Å²) in [5, 5.41) is 14.2. The normalized spacial score (nSPS) is 21.6. The van der Waals surface area contributed by atoms with Crippen LogP contribution in [-0.4, -0.2) is 45.2 Å². The molecule has 1 aliphatic heterocycles. The van der Waals surface area contributed by atoms with Gasteiger partial charge in [0.1, 0.15) is 11.9 Å². The lowest BCUT2D eigenvalue weighted by atomic mass is 10.0. The van der Waals surface area contributed by atoms with Crippen LogP contribution < -0.4 is 15.5 Å². The van der Waals surface area contributed by atoms with E-state index in [0.29, 0.717) is 11.9 Å². The minimum absolute atomic E-state index is 0.0256. The number of carbonyl (C=O) groups excluding carboxylic acids is 1. The third kappa shape index (κ3) is 4.45. The van der Waals surface area contributed by atoms with Gasteiger partial charge in [-0.15, -0.1) is 0 Å². The summed E-state index contributed by atoms with van der Waals surface area (Å²) in [6.45, 7) is 0. The van der Waals surface area contributed by atoms with E-state index < -0.39 is 0 Å². The fourth-order valence-electron chi connectivity index (χ4n) is 6.30. The van der Waals surface area contributed by atoms with Crippen molar-refractivity contribution >= 4 is 23.5 Å². The molecule has 3 heterocycles. The molecule has 8 nitrogen and oxygen atoms in total. The number of amides is 1. The predicted octanol–water partition coefficient (Wildman–Crippen LogP) is 4.42. The number of hydrogen-bond donors (Lipinski definition) is 3. The predicted molar refractivity (Wildman–Crippen MR) is 141 cm³/mol. The number of nitrogens with zero attached hydrogens (tertiary/aromatic N) is 4. The number of hydrogen-bond acceptors (Lipinski definition) is 6. The topological polar surface area (TPSA) is 98.8 Å². The van der Waals surface area contributed by atoms with Gasteiger partial charge in [-0.1, -0.05) is 43.2 Å². The first-order chi connectivity index (χ1) is 17.7. The van der Waals surface area contributed by atoms with Crippen LogP contribution in [0.15, 0.2) is 36.4 Å². The Morgan fingerprint density at radius 3 is 2.69 bits per heavy atom. The third-order valence-corrected chi connectivity index (χ3v) is 8.16. The summed E-state index contributed by atoms with van der Waals surface area (Å²) in [5.74, 6) is 2.89. The highest BCUT2D eigenvalue weighted by Crippen LogP contribution is 2.37. The van der Waals surface area contributed by atoms with Crippen molar-refractivity contribution in [3.05, 3.63) is 58.9 Å². The smallest absolute Gasteiger partial charge is 0.242 e. The van der Waals surface area contributed by atoms with Gasteiger partial charge in [-0.3, -0.25) is 9.89 Å². The van der Waals surface area contributed by atoms with Crippen LogP contribution in [0.1, 0.15) is 73.4 Å². The van der Waals surface area contributed by atoms with E-state index in [2.05, 4.69) is 56.1 Å². The van der Waals surface area contributed by atoms with Gasteiger partial charge in [0.2, 0.25) is 11.9 Å². The van der Waals surface area contributed by atoms with E-state index in [1.807, 2.05) is 6.07 Å². The summed E-state index contributed by atoms with van der Waals surface area (Å²) >= 11 is 0. The van der Waals surface area contributed by atoms with E-state index >= 15 is 0 Å². The van der Waals surface area contributed by atoms with Crippen LogP contribution >= 0.6 is 0 Å². The van der Waals surface area contributed by atoms with Gasteiger partial charge in [-0.05, 0) is 56.9 Å². The molecular formula is C28H35N7O. The molecule has 0 spiro atoms. The van der Waals surface area contributed by atoms with Crippen molar-refractivity contribution in [3.63, 3.8) is 0 Å². The zero-order valence-corrected chi connectivity index (χ0v) is 21.0. The minimum atomic E-state index is -0.268. The molecule has 2 unspecified atom stereocenters. The average molecular weight is 486 g/mol. The first-order valence-corrected chi connectivity index (χ1v) is 13.5. The third-order valence-electron chi connectivity index (χ3n) is 8.16. The van der Waals surface area contributed by atoms with Gasteiger partial charge in [-0.25, -0.2) is 4.98 Å². The van der Waals surface area contributed by atoms with E-state index in [0.717, 1.165) is 55.9 Å². The Morgan fingerprint density at radius 1 is 1.06 bits per heavy atom. The van der Waals surface area contributed by atoms with Crippen molar-refractivity contribution in [3.8, 4) is 0 Å². The summed E-state index contributed by atoms with van der Waals surface area (Å²) in [4.78, 5) is 25.2. The standard InChI is InChI=1S/C28H35N7O/c1-29-27(36)24-15-14-20(16-18-8-3-2-4-9-18)35(24)28-30-22-13-7-12-21(22)26(32-28)31-25-17-23(33-34-25)19-10-5-6-11-19/h2-4,8-9,17,19-20,24H,5-7,10-16H2,1H3,(H,29,36)(H2,30,31,32,33,34). The molecule has 3 aliphatic rings. The molecule has 2 aliphatic carbocycles. The molecule has 2 atom stereocenters. The van der Waals surface area contributed by atoms with Gasteiger partial charge in [0.25, 0.3) is 0 Å². The number of fused-ring (bicyclic) bond motifs is 1. The Balaban J connectivity index is 1.33. The molecule has 2 fully saturated rings. The molecule has 3 N–H and O–H groups in total. The van der Waals surface area contributed by atoms with Crippen LogP contribution in [0.3, 0.4) is 0 Å². The molecule has 1 aromatic carbocycles. The number of H-pyrrole nitrogens is 1. The van der Waals surface area contributed by atoms with E-state index in [9.17, 15) is 4.79 Å². The van der Waals surface area contributed by atoms with Crippen LogP contribution in [0.5, 0.6) is 0 Å². The van der Waals surface area contributed by atoms with Gasteiger partial charge in [0.05, 0.1) is 5.69 Å². The summed E-state index contributed by atoms with van der Waals surface area (Å²) in [7, 11) is 1.71. The molecule has 1 amide bonds. The second-order valence-corrected chi connectivity index (χ2v) is 10.4. The van der Waals surface area contributed by atoms with Crippen LogP contribution in [-0.2, 0) is 24.1 Å².